The van der Waals surface area contributed by atoms with E-state index in [1.165, 1.54) is 31.4 Å². The van der Waals surface area contributed by atoms with Crippen LogP contribution in [-0.2, 0) is 10.0 Å². The van der Waals surface area contributed by atoms with Crippen LogP contribution in [0, 0.1) is 6.92 Å². The van der Waals surface area contributed by atoms with Gasteiger partial charge in [-0.05, 0) is 75.5 Å². The van der Waals surface area contributed by atoms with Crippen LogP contribution in [0.2, 0.25) is 0 Å². The van der Waals surface area contributed by atoms with Crippen LogP contribution in [0.5, 0.6) is 0 Å². The number of likely N-dealkylation sites (tertiary alicyclic amines) is 1. The molecule has 1 fully saturated rings. The SMILES string of the molecule is Cc1cccc(NS(=O)(=O)c2cccc(C(=O)NCCCN3CCCC[C@@H]3C)c2)c1. The third-order valence-electron chi connectivity index (χ3n) is 5.53. The van der Waals surface area contributed by atoms with Gasteiger partial charge in [-0.15, -0.1) is 0 Å². The minimum atomic E-state index is -3.77. The monoisotopic (exact) mass is 429 g/mol. The van der Waals surface area contributed by atoms with Crippen LogP contribution in [0.15, 0.2) is 53.4 Å². The largest absolute Gasteiger partial charge is 0.352 e. The first-order chi connectivity index (χ1) is 14.3. The van der Waals surface area contributed by atoms with Gasteiger partial charge in [-0.3, -0.25) is 9.52 Å². The molecule has 1 amide bonds. The summed E-state index contributed by atoms with van der Waals surface area (Å²) in [6.45, 7) is 6.82. The van der Waals surface area contributed by atoms with Crippen molar-refractivity contribution < 1.29 is 13.2 Å². The summed E-state index contributed by atoms with van der Waals surface area (Å²) in [5, 5.41) is 2.91. The lowest BCUT2D eigenvalue weighted by Gasteiger charge is -2.33. The van der Waals surface area contributed by atoms with Crippen LogP contribution >= 0.6 is 0 Å². The van der Waals surface area contributed by atoms with Crippen molar-refractivity contribution >= 4 is 21.6 Å². The molecule has 2 N–H and O–H groups in total. The van der Waals surface area contributed by atoms with Crippen molar-refractivity contribution in [2.75, 3.05) is 24.4 Å². The van der Waals surface area contributed by atoms with E-state index < -0.39 is 10.0 Å². The Morgan fingerprint density at radius 3 is 2.70 bits per heavy atom. The molecule has 0 aromatic heterocycles. The summed E-state index contributed by atoms with van der Waals surface area (Å²) in [5.74, 6) is -0.255. The maximum atomic E-state index is 12.7. The summed E-state index contributed by atoms with van der Waals surface area (Å²) in [7, 11) is -3.77. The van der Waals surface area contributed by atoms with Crippen LogP contribution in [0.1, 0.15) is 48.5 Å². The number of anilines is 1. The molecule has 1 aliphatic rings. The van der Waals surface area contributed by atoms with Gasteiger partial charge in [0.25, 0.3) is 15.9 Å². The average molecular weight is 430 g/mol. The van der Waals surface area contributed by atoms with E-state index in [9.17, 15) is 13.2 Å². The van der Waals surface area contributed by atoms with Gasteiger partial charge in [0.05, 0.1) is 4.90 Å². The van der Waals surface area contributed by atoms with Crippen molar-refractivity contribution in [2.45, 2.75) is 50.5 Å². The number of aryl methyl sites for hydroxylation is 1. The van der Waals surface area contributed by atoms with Crippen molar-refractivity contribution in [1.82, 2.24) is 10.2 Å². The summed E-state index contributed by atoms with van der Waals surface area (Å²) in [4.78, 5) is 15.0. The number of nitrogens with zero attached hydrogens (tertiary/aromatic N) is 1. The van der Waals surface area contributed by atoms with E-state index in [-0.39, 0.29) is 10.8 Å². The van der Waals surface area contributed by atoms with E-state index in [1.807, 2.05) is 13.0 Å². The van der Waals surface area contributed by atoms with Gasteiger partial charge in [0.15, 0.2) is 0 Å². The fraction of sp³-hybridized carbons (Fsp3) is 0.435. The molecule has 30 heavy (non-hydrogen) atoms. The molecule has 3 rings (SSSR count). The van der Waals surface area contributed by atoms with Crippen LogP contribution in [-0.4, -0.2) is 44.9 Å². The Bertz CT molecular complexity index is 975. The lowest BCUT2D eigenvalue weighted by atomic mass is 10.0. The number of hydrogen-bond acceptors (Lipinski definition) is 4. The van der Waals surface area contributed by atoms with E-state index in [4.69, 9.17) is 0 Å². The number of carbonyl (C=O) groups excluding carboxylic acids is 1. The number of rotatable bonds is 8. The molecular weight excluding hydrogens is 398 g/mol. The Morgan fingerprint density at radius 1 is 1.13 bits per heavy atom. The topological polar surface area (TPSA) is 78.5 Å². The second kappa shape index (κ2) is 10.1. The molecule has 6 nitrogen and oxygen atoms in total. The van der Waals surface area contributed by atoms with Crippen molar-refractivity contribution in [3.8, 4) is 0 Å². The zero-order chi connectivity index (χ0) is 21.6. The third-order valence-corrected chi connectivity index (χ3v) is 6.90. The van der Waals surface area contributed by atoms with Gasteiger partial charge in [0.2, 0.25) is 0 Å². The lowest BCUT2D eigenvalue weighted by molar-refractivity contribution is 0.0948. The molecule has 7 heteroatoms. The highest BCUT2D eigenvalue weighted by Crippen LogP contribution is 2.18. The van der Waals surface area contributed by atoms with Crippen LogP contribution in [0.4, 0.5) is 5.69 Å². The minimum absolute atomic E-state index is 0.0683. The van der Waals surface area contributed by atoms with Crippen molar-refractivity contribution in [3.05, 3.63) is 59.7 Å². The number of nitrogens with one attached hydrogen (secondary N) is 2. The fourth-order valence-corrected chi connectivity index (χ4v) is 4.90. The smallest absolute Gasteiger partial charge is 0.261 e. The normalized spacial score (nSPS) is 17.5. The predicted molar refractivity (Wildman–Crippen MR) is 120 cm³/mol. The molecule has 1 heterocycles. The van der Waals surface area contributed by atoms with E-state index in [0.29, 0.717) is 23.8 Å². The Kier molecular flexibility index (Phi) is 7.50. The first-order valence-corrected chi connectivity index (χ1v) is 12.1. The zero-order valence-electron chi connectivity index (χ0n) is 17.7. The molecular formula is C23H31N3O3S. The summed E-state index contributed by atoms with van der Waals surface area (Å²) < 4.78 is 28.0. The molecule has 0 aliphatic carbocycles. The third kappa shape index (κ3) is 6.06. The number of hydrogen-bond donors (Lipinski definition) is 2. The van der Waals surface area contributed by atoms with Gasteiger partial charge >= 0.3 is 0 Å². The molecule has 2 aromatic rings. The number of benzene rings is 2. The Morgan fingerprint density at radius 2 is 1.93 bits per heavy atom. The van der Waals surface area contributed by atoms with Gasteiger partial charge in [0, 0.05) is 30.4 Å². The quantitative estimate of drug-likeness (QED) is 0.626. The molecule has 1 atom stereocenters. The maximum Gasteiger partial charge on any atom is 0.261 e. The molecule has 1 saturated heterocycles. The van der Waals surface area contributed by atoms with Gasteiger partial charge in [-0.1, -0.05) is 24.6 Å². The second-order valence-electron chi connectivity index (χ2n) is 7.99. The first-order valence-electron chi connectivity index (χ1n) is 10.6. The predicted octanol–water partition coefficient (Wildman–Crippen LogP) is 3.79. The highest BCUT2D eigenvalue weighted by Gasteiger charge is 2.18. The number of sulfonamides is 1. The van der Waals surface area contributed by atoms with Crippen LogP contribution in [0.3, 0.4) is 0 Å². The average Bonchev–Trinajstić information content (AvgIpc) is 2.72. The maximum absolute atomic E-state index is 12.7. The van der Waals surface area contributed by atoms with Gasteiger partial charge in [-0.2, -0.15) is 0 Å². The fourth-order valence-electron chi connectivity index (χ4n) is 3.80. The molecule has 1 aliphatic heterocycles. The van der Waals surface area contributed by atoms with Crippen LogP contribution in [0.25, 0.3) is 0 Å². The van der Waals surface area contributed by atoms with Gasteiger partial charge in [0.1, 0.15) is 0 Å². The van der Waals surface area contributed by atoms with E-state index in [1.54, 1.807) is 30.3 Å². The second-order valence-corrected chi connectivity index (χ2v) is 9.68. The minimum Gasteiger partial charge on any atom is -0.352 e. The standard InChI is InChI=1S/C23H31N3O3S/c1-18-8-5-11-21(16-18)25-30(28,29)22-12-6-10-20(17-22)23(27)24-13-7-15-26-14-4-3-9-19(26)2/h5-6,8,10-12,16-17,19,25H,3-4,7,9,13-15H2,1-2H3,(H,24,27)/t19-/m0/s1. The van der Waals surface area contributed by atoms with Gasteiger partial charge in [-0.25, -0.2) is 8.42 Å². The molecule has 0 radical (unpaired) electrons. The number of carbonyl (C=O) groups is 1. The van der Waals surface area contributed by atoms with Crippen molar-refractivity contribution in [2.24, 2.45) is 0 Å². The molecule has 0 saturated carbocycles. The summed E-state index contributed by atoms with van der Waals surface area (Å²) in [6, 6.07) is 13.9. The van der Waals surface area contributed by atoms with Gasteiger partial charge < -0.3 is 10.2 Å². The zero-order valence-corrected chi connectivity index (χ0v) is 18.5. The summed E-state index contributed by atoms with van der Waals surface area (Å²) in [6.07, 6.45) is 4.66. The highest BCUT2D eigenvalue weighted by atomic mass is 32.2. The Labute approximate surface area is 179 Å². The van der Waals surface area contributed by atoms with E-state index >= 15 is 0 Å². The van der Waals surface area contributed by atoms with Crippen molar-refractivity contribution in [3.63, 3.8) is 0 Å². The van der Waals surface area contributed by atoms with E-state index in [2.05, 4.69) is 21.9 Å². The Balaban J connectivity index is 1.56. The first kappa shape index (κ1) is 22.3. The lowest BCUT2D eigenvalue weighted by Crippen LogP contribution is -2.39. The number of amides is 1. The van der Waals surface area contributed by atoms with Crippen LogP contribution < -0.4 is 10.0 Å². The molecule has 2 aromatic carbocycles. The molecule has 0 spiro atoms. The highest BCUT2D eigenvalue weighted by molar-refractivity contribution is 7.92. The summed E-state index contributed by atoms with van der Waals surface area (Å²) in [5.41, 5.74) is 1.80. The summed E-state index contributed by atoms with van der Waals surface area (Å²) >= 11 is 0. The molecule has 162 valence electrons. The molecule has 0 unspecified atom stereocenters. The Hall–Kier alpha value is -2.38. The van der Waals surface area contributed by atoms with Crippen molar-refractivity contribution in [1.29, 1.82) is 0 Å². The van der Waals surface area contributed by atoms with E-state index in [0.717, 1.165) is 25.1 Å². The molecule has 0 bridgehead atoms. The number of piperidine rings is 1.